The second-order valence-electron chi connectivity index (χ2n) is 7.04. The van der Waals surface area contributed by atoms with Gasteiger partial charge in [0.05, 0.1) is 0 Å². The number of cyclic esters (lactones) is 1. The van der Waals surface area contributed by atoms with Crippen LogP contribution in [0.2, 0.25) is 0 Å². The van der Waals surface area contributed by atoms with Gasteiger partial charge in [-0.1, -0.05) is 77.6 Å². The van der Waals surface area contributed by atoms with Crippen LogP contribution in [0.1, 0.15) is 116 Å². The summed E-state index contributed by atoms with van der Waals surface area (Å²) in [7, 11) is 0. The maximum atomic E-state index is 11.8. The fraction of sp³-hybridized carbons (Fsp3) is 0.950. The average molecular weight is 311 g/mol. The van der Waals surface area contributed by atoms with Gasteiger partial charge in [-0.2, -0.15) is 0 Å². The van der Waals surface area contributed by atoms with Gasteiger partial charge in [-0.3, -0.25) is 4.79 Å². The summed E-state index contributed by atoms with van der Waals surface area (Å²) in [5.41, 5.74) is 0. The van der Waals surface area contributed by atoms with Gasteiger partial charge in [0.2, 0.25) is 0 Å². The molecule has 0 saturated carbocycles. The molecule has 0 spiro atoms. The van der Waals surface area contributed by atoms with Crippen molar-refractivity contribution in [3.8, 4) is 0 Å². The van der Waals surface area contributed by atoms with Crippen molar-refractivity contribution in [3.63, 3.8) is 0 Å². The number of carbonyl (C=O) groups is 1. The molecule has 2 heteroatoms. The van der Waals surface area contributed by atoms with Crippen molar-refractivity contribution >= 4 is 5.97 Å². The molecule has 0 bridgehead atoms. The zero-order valence-corrected chi connectivity index (χ0v) is 14.9. The minimum absolute atomic E-state index is 0.0477. The lowest BCUT2D eigenvalue weighted by molar-refractivity contribution is -0.150. The highest BCUT2D eigenvalue weighted by Crippen LogP contribution is 2.19. The molecule has 1 aliphatic heterocycles. The summed E-state index contributed by atoms with van der Waals surface area (Å²) in [5.74, 6) is 0.0477. The first-order chi connectivity index (χ1) is 10.8. The molecule has 1 atom stereocenters. The van der Waals surface area contributed by atoms with Gasteiger partial charge in [0.15, 0.2) is 0 Å². The van der Waals surface area contributed by atoms with Gasteiger partial charge in [0, 0.05) is 6.42 Å². The standard InChI is InChI=1S/C20H38O2/c1-2-3-4-5-6-7-10-13-16-19-17-14-11-8-9-12-15-18-20(21)22-19/h19H,2-18H2,1H3. The van der Waals surface area contributed by atoms with Crippen LogP contribution in [0.15, 0.2) is 0 Å². The van der Waals surface area contributed by atoms with Gasteiger partial charge in [-0.15, -0.1) is 0 Å². The van der Waals surface area contributed by atoms with E-state index >= 15 is 0 Å². The molecular weight excluding hydrogens is 272 g/mol. The smallest absolute Gasteiger partial charge is 0.306 e. The molecule has 0 aromatic carbocycles. The summed E-state index contributed by atoms with van der Waals surface area (Å²) < 4.78 is 5.70. The van der Waals surface area contributed by atoms with Crippen LogP contribution in [-0.4, -0.2) is 12.1 Å². The zero-order chi connectivity index (χ0) is 15.9. The lowest BCUT2D eigenvalue weighted by Gasteiger charge is -2.17. The molecule has 130 valence electrons. The van der Waals surface area contributed by atoms with Crippen LogP contribution < -0.4 is 0 Å². The van der Waals surface area contributed by atoms with Crippen LogP contribution in [0.25, 0.3) is 0 Å². The monoisotopic (exact) mass is 310 g/mol. The molecular formula is C20H38O2. The molecule has 1 rings (SSSR count). The van der Waals surface area contributed by atoms with Crippen LogP contribution in [0.3, 0.4) is 0 Å². The predicted octanol–water partition coefficient (Wildman–Crippen LogP) is 6.56. The Hall–Kier alpha value is -0.530. The molecule has 1 fully saturated rings. The van der Waals surface area contributed by atoms with Crippen molar-refractivity contribution in [2.75, 3.05) is 0 Å². The van der Waals surface area contributed by atoms with Gasteiger partial charge in [-0.25, -0.2) is 0 Å². The Labute approximate surface area is 138 Å². The molecule has 0 aromatic heterocycles. The van der Waals surface area contributed by atoms with Crippen LogP contribution in [-0.2, 0) is 9.53 Å². The highest BCUT2D eigenvalue weighted by atomic mass is 16.5. The number of esters is 1. The lowest BCUT2D eigenvalue weighted by atomic mass is 10.0. The van der Waals surface area contributed by atoms with E-state index < -0.39 is 0 Å². The summed E-state index contributed by atoms with van der Waals surface area (Å²) in [6.45, 7) is 2.27. The molecule has 1 saturated heterocycles. The molecule has 0 amide bonds. The third-order valence-corrected chi connectivity index (χ3v) is 4.83. The van der Waals surface area contributed by atoms with E-state index in [1.54, 1.807) is 0 Å². The second kappa shape index (κ2) is 14.1. The van der Waals surface area contributed by atoms with Crippen molar-refractivity contribution in [2.24, 2.45) is 0 Å². The Balaban J connectivity index is 2.10. The van der Waals surface area contributed by atoms with Crippen molar-refractivity contribution in [3.05, 3.63) is 0 Å². The molecule has 0 radical (unpaired) electrons. The van der Waals surface area contributed by atoms with Crippen molar-refractivity contribution < 1.29 is 9.53 Å². The fourth-order valence-corrected chi connectivity index (χ4v) is 3.36. The lowest BCUT2D eigenvalue weighted by Crippen LogP contribution is -2.18. The van der Waals surface area contributed by atoms with Gasteiger partial charge in [0.1, 0.15) is 6.10 Å². The van der Waals surface area contributed by atoms with Gasteiger partial charge < -0.3 is 4.74 Å². The van der Waals surface area contributed by atoms with Crippen LogP contribution in [0.4, 0.5) is 0 Å². The second-order valence-corrected chi connectivity index (χ2v) is 7.04. The number of unbranched alkanes of at least 4 members (excludes halogenated alkanes) is 7. The van der Waals surface area contributed by atoms with Crippen LogP contribution >= 0.6 is 0 Å². The summed E-state index contributed by atoms with van der Waals surface area (Å²) in [6, 6.07) is 0. The first kappa shape index (κ1) is 19.5. The van der Waals surface area contributed by atoms with E-state index in [1.807, 2.05) is 0 Å². The zero-order valence-electron chi connectivity index (χ0n) is 14.9. The third kappa shape index (κ3) is 11.1. The Bertz CT molecular complexity index is 262. The van der Waals surface area contributed by atoms with Crippen molar-refractivity contribution in [1.29, 1.82) is 0 Å². The van der Waals surface area contributed by atoms with Gasteiger partial charge in [-0.05, 0) is 32.1 Å². The minimum atomic E-state index is 0.0477. The maximum absolute atomic E-state index is 11.8. The molecule has 1 heterocycles. The largest absolute Gasteiger partial charge is 0.462 e. The highest BCUT2D eigenvalue weighted by Gasteiger charge is 2.14. The molecule has 0 aliphatic carbocycles. The number of ether oxygens (including phenoxy) is 1. The minimum Gasteiger partial charge on any atom is -0.462 e. The summed E-state index contributed by atoms with van der Waals surface area (Å²) in [5, 5.41) is 0. The van der Waals surface area contributed by atoms with Gasteiger partial charge in [0.25, 0.3) is 0 Å². The quantitative estimate of drug-likeness (QED) is 0.356. The number of hydrogen-bond acceptors (Lipinski definition) is 2. The van der Waals surface area contributed by atoms with Crippen LogP contribution in [0.5, 0.6) is 0 Å². The van der Waals surface area contributed by atoms with Crippen molar-refractivity contribution in [2.45, 2.75) is 122 Å². The van der Waals surface area contributed by atoms with E-state index in [4.69, 9.17) is 4.74 Å². The topological polar surface area (TPSA) is 26.3 Å². The maximum Gasteiger partial charge on any atom is 0.306 e. The fourth-order valence-electron chi connectivity index (χ4n) is 3.36. The summed E-state index contributed by atoms with van der Waals surface area (Å²) in [4.78, 5) is 11.8. The van der Waals surface area contributed by atoms with E-state index in [9.17, 15) is 4.79 Å². The predicted molar refractivity (Wildman–Crippen MR) is 94.0 cm³/mol. The molecule has 0 N–H and O–H groups in total. The number of carbonyl (C=O) groups excluding carboxylic acids is 1. The normalized spacial score (nSPS) is 21.1. The van der Waals surface area contributed by atoms with Crippen LogP contribution in [0, 0.1) is 0 Å². The van der Waals surface area contributed by atoms with E-state index in [2.05, 4.69) is 6.92 Å². The Kier molecular flexibility index (Phi) is 12.5. The number of rotatable bonds is 9. The summed E-state index contributed by atoms with van der Waals surface area (Å²) >= 11 is 0. The molecule has 22 heavy (non-hydrogen) atoms. The van der Waals surface area contributed by atoms with E-state index in [1.165, 1.54) is 83.5 Å². The SMILES string of the molecule is CCCCCCCCCCC1CCCCCCCCC(=O)O1. The molecule has 1 unspecified atom stereocenters. The first-order valence-electron chi connectivity index (χ1n) is 10.0. The molecule has 0 aromatic rings. The Morgan fingerprint density at radius 1 is 0.818 bits per heavy atom. The first-order valence-corrected chi connectivity index (χ1v) is 10.0. The van der Waals surface area contributed by atoms with E-state index in [0.29, 0.717) is 6.42 Å². The molecule has 1 aliphatic rings. The van der Waals surface area contributed by atoms with Gasteiger partial charge >= 0.3 is 5.97 Å². The van der Waals surface area contributed by atoms with Crippen molar-refractivity contribution in [1.82, 2.24) is 0 Å². The molecule has 2 nitrogen and oxygen atoms in total. The average Bonchev–Trinajstić information content (AvgIpc) is 2.55. The van der Waals surface area contributed by atoms with E-state index in [0.717, 1.165) is 19.3 Å². The number of hydrogen-bond donors (Lipinski definition) is 0. The van der Waals surface area contributed by atoms with E-state index in [-0.39, 0.29) is 12.1 Å². The summed E-state index contributed by atoms with van der Waals surface area (Å²) in [6.07, 6.45) is 21.1. The Morgan fingerprint density at radius 2 is 1.41 bits per heavy atom. The Morgan fingerprint density at radius 3 is 2.14 bits per heavy atom. The highest BCUT2D eigenvalue weighted by molar-refractivity contribution is 5.69. The third-order valence-electron chi connectivity index (χ3n) is 4.83.